The summed E-state index contributed by atoms with van der Waals surface area (Å²) in [4.78, 5) is 0.325. The molecular formula is C14H24N2O2S2. The van der Waals surface area contributed by atoms with Crippen LogP contribution in [0, 0.1) is 0 Å². The van der Waals surface area contributed by atoms with Gasteiger partial charge in [0.25, 0.3) is 0 Å². The normalized spacial score (nSPS) is 11.5. The van der Waals surface area contributed by atoms with Crippen molar-refractivity contribution < 1.29 is 8.42 Å². The molecule has 114 valence electrons. The molecule has 0 aromatic heterocycles. The Bertz CT molecular complexity index is 490. The van der Waals surface area contributed by atoms with E-state index in [1.165, 1.54) is 12.2 Å². The van der Waals surface area contributed by atoms with E-state index in [1.807, 2.05) is 23.9 Å². The number of sulfonamides is 1. The minimum Gasteiger partial charge on any atom is -0.384 e. The van der Waals surface area contributed by atoms with Gasteiger partial charge in [-0.15, -0.1) is 0 Å². The Morgan fingerprint density at radius 2 is 1.90 bits per heavy atom. The molecule has 0 fully saturated rings. The summed E-state index contributed by atoms with van der Waals surface area (Å²) in [6, 6.07) is 7.04. The second-order valence-electron chi connectivity index (χ2n) is 4.48. The van der Waals surface area contributed by atoms with Crippen LogP contribution < -0.4 is 10.0 Å². The van der Waals surface area contributed by atoms with Crippen LogP contribution in [0.5, 0.6) is 0 Å². The van der Waals surface area contributed by atoms with Gasteiger partial charge in [-0.25, -0.2) is 13.1 Å². The van der Waals surface area contributed by atoms with Gasteiger partial charge in [0.2, 0.25) is 10.0 Å². The Morgan fingerprint density at radius 3 is 2.60 bits per heavy atom. The Labute approximate surface area is 126 Å². The summed E-state index contributed by atoms with van der Waals surface area (Å²) in [5, 5.41) is 3.23. The summed E-state index contributed by atoms with van der Waals surface area (Å²) in [7, 11) is -3.41. The lowest BCUT2D eigenvalue weighted by molar-refractivity contribution is 0.584. The first-order valence-corrected chi connectivity index (χ1v) is 9.81. The minimum absolute atomic E-state index is 0.325. The SMILES string of the molecule is CCNS(=O)(=O)c1ccccc1NCCCCCSC. The molecule has 0 spiro atoms. The number of thioether (sulfide) groups is 1. The van der Waals surface area contributed by atoms with Crippen LogP contribution in [0.4, 0.5) is 5.69 Å². The van der Waals surface area contributed by atoms with E-state index in [-0.39, 0.29) is 0 Å². The molecule has 6 heteroatoms. The van der Waals surface area contributed by atoms with Crippen LogP contribution in [0.25, 0.3) is 0 Å². The van der Waals surface area contributed by atoms with Gasteiger partial charge in [-0.3, -0.25) is 0 Å². The summed E-state index contributed by atoms with van der Waals surface area (Å²) < 4.78 is 26.7. The van der Waals surface area contributed by atoms with Crippen molar-refractivity contribution in [2.24, 2.45) is 0 Å². The lowest BCUT2D eigenvalue weighted by atomic mass is 10.2. The van der Waals surface area contributed by atoms with E-state index in [0.717, 1.165) is 19.4 Å². The van der Waals surface area contributed by atoms with Crippen LogP contribution in [-0.2, 0) is 10.0 Å². The highest BCUT2D eigenvalue weighted by Gasteiger charge is 2.16. The molecule has 2 N–H and O–H groups in total. The molecule has 0 aliphatic carbocycles. The van der Waals surface area contributed by atoms with Gasteiger partial charge in [0.1, 0.15) is 4.90 Å². The molecule has 1 rings (SSSR count). The van der Waals surface area contributed by atoms with Crippen LogP contribution in [0.15, 0.2) is 29.2 Å². The number of para-hydroxylation sites is 1. The zero-order chi connectivity index (χ0) is 14.8. The molecule has 0 saturated carbocycles. The van der Waals surface area contributed by atoms with Crippen LogP contribution >= 0.6 is 11.8 Å². The lowest BCUT2D eigenvalue weighted by Gasteiger charge is -2.12. The Hall–Kier alpha value is -0.720. The van der Waals surface area contributed by atoms with E-state index in [1.54, 1.807) is 19.1 Å². The van der Waals surface area contributed by atoms with Gasteiger partial charge < -0.3 is 5.32 Å². The Morgan fingerprint density at radius 1 is 1.15 bits per heavy atom. The van der Waals surface area contributed by atoms with Crippen LogP contribution in [0.3, 0.4) is 0 Å². The number of benzene rings is 1. The second kappa shape index (κ2) is 9.26. The third-order valence-corrected chi connectivity index (χ3v) is 5.15. The first-order chi connectivity index (χ1) is 9.61. The van der Waals surface area contributed by atoms with Gasteiger partial charge in [-0.1, -0.05) is 25.5 Å². The zero-order valence-corrected chi connectivity index (χ0v) is 13.8. The van der Waals surface area contributed by atoms with Crippen molar-refractivity contribution >= 4 is 27.5 Å². The molecule has 0 aliphatic heterocycles. The van der Waals surface area contributed by atoms with Crippen molar-refractivity contribution in [3.63, 3.8) is 0 Å². The largest absolute Gasteiger partial charge is 0.384 e. The maximum Gasteiger partial charge on any atom is 0.242 e. The van der Waals surface area contributed by atoms with Crippen molar-refractivity contribution in [3.8, 4) is 0 Å². The maximum absolute atomic E-state index is 12.1. The standard InChI is InChI=1S/C14H24N2O2S2/c1-3-16-20(17,18)14-10-6-5-9-13(14)15-11-7-4-8-12-19-2/h5-6,9-10,15-16H,3-4,7-8,11-12H2,1-2H3. The summed E-state index contributed by atoms with van der Waals surface area (Å²) in [5.74, 6) is 1.19. The second-order valence-corrected chi connectivity index (χ2v) is 7.20. The van der Waals surface area contributed by atoms with Crippen LogP contribution in [0.2, 0.25) is 0 Å². The molecule has 0 heterocycles. The van der Waals surface area contributed by atoms with Crippen molar-refractivity contribution in [1.82, 2.24) is 4.72 Å². The van der Waals surface area contributed by atoms with E-state index in [0.29, 0.717) is 17.1 Å². The highest BCUT2D eigenvalue weighted by atomic mass is 32.2. The van der Waals surface area contributed by atoms with Gasteiger partial charge in [-0.2, -0.15) is 11.8 Å². The van der Waals surface area contributed by atoms with E-state index < -0.39 is 10.0 Å². The topological polar surface area (TPSA) is 58.2 Å². The number of hydrogen-bond acceptors (Lipinski definition) is 4. The van der Waals surface area contributed by atoms with Gasteiger partial charge in [-0.05, 0) is 37.0 Å². The number of unbranched alkanes of at least 4 members (excludes halogenated alkanes) is 2. The molecule has 0 aliphatic rings. The third-order valence-electron chi connectivity index (χ3n) is 2.85. The van der Waals surface area contributed by atoms with Gasteiger partial charge in [0.15, 0.2) is 0 Å². The fourth-order valence-electron chi connectivity index (χ4n) is 1.89. The fourth-order valence-corrected chi connectivity index (χ4v) is 3.60. The molecular weight excluding hydrogens is 292 g/mol. The molecule has 0 saturated heterocycles. The summed E-state index contributed by atoms with van der Waals surface area (Å²) in [5.41, 5.74) is 0.679. The third kappa shape index (κ3) is 5.73. The molecule has 4 nitrogen and oxygen atoms in total. The molecule has 0 unspecified atom stereocenters. The molecule has 20 heavy (non-hydrogen) atoms. The van der Waals surface area contributed by atoms with Crippen LogP contribution in [0.1, 0.15) is 26.2 Å². The highest BCUT2D eigenvalue weighted by molar-refractivity contribution is 7.98. The lowest BCUT2D eigenvalue weighted by Crippen LogP contribution is -2.24. The molecule has 1 aromatic rings. The van der Waals surface area contributed by atoms with Gasteiger partial charge >= 0.3 is 0 Å². The van der Waals surface area contributed by atoms with E-state index in [2.05, 4.69) is 16.3 Å². The molecule has 0 radical (unpaired) electrons. The molecule has 0 atom stereocenters. The van der Waals surface area contributed by atoms with Crippen molar-refractivity contribution in [1.29, 1.82) is 0 Å². The van der Waals surface area contributed by atoms with Crippen molar-refractivity contribution in [2.75, 3.05) is 30.4 Å². The zero-order valence-electron chi connectivity index (χ0n) is 12.2. The average Bonchev–Trinajstić information content (AvgIpc) is 2.43. The predicted molar refractivity (Wildman–Crippen MR) is 88.0 cm³/mol. The first-order valence-electron chi connectivity index (χ1n) is 6.93. The summed E-state index contributed by atoms with van der Waals surface area (Å²) in [6.45, 7) is 2.97. The van der Waals surface area contributed by atoms with Crippen molar-refractivity contribution in [2.45, 2.75) is 31.1 Å². The smallest absolute Gasteiger partial charge is 0.242 e. The minimum atomic E-state index is -3.41. The fraction of sp³-hybridized carbons (Fsp3) is 0.571. The van der Waals surface area contributed by atoms with E-state index in [9.17, 15) is 8.42 Å². The van der Waals surface area contributed by atoms with E-state index in [4.69, 9.17) is 0 Å². The van der Waals surface area contributed by atoms with Gasteiger partial charge in [0, 0.05) is 13.1 Å². The quantitative estimate of drug-likeness (QED) is 0.652. The maximum atomic E-state index is 12.1. The Balaban J connectivity index is 2.58. The van der Waals surface area contributed by atoms with Crippen molar-refractivity contribution in [3.05, 3.63) is 24.3 Å². The first kappa shape index (κ1) is 17.3. The molecule has 1 aromatic carbocycles. The monoisotopic (exact) mass is 316 g/mol. The average molecular weight is 316 g/mol. The number of nitrogens with one attached hydrogen (secondary N) is 2. The number of hydrogen-bond donors (Lipinski definition) is 2. The molecule has 0 amide bonds. The van der Waals surface area contributed by atoms with E-state index >= 15 is 0 Å². The number of anilines is 1. The predicted octanol–water partition coefficient (Wildman–Crippen LogP) is 2.93. The molecule has 0 bridgehead atoms. The van der Waals surface area contributed by atoms with Gasteiger partial charge in [0.05, 0.1) is 5.69 Å². The number of rotatable bonds is 10. The summed E-state index contributed by atoms with van der Waals surface area (Å²) in [6.07, 6.45) is 5.53. The van der Waals surface area contributed by atoms with Crippen LogP contribution in [-0.4, -0.2) is 33.5 Å². The highest BCUT2D eigenvalue weighted by Crippen LogP contribution is 2.20. The summed E-state index contributed by atoms with van der Waals surface area (Å²) >= 11 is 1.86. The Kier molecular flexibility index (Phi) is 8.02.